The van der Waals surface area contributed by atoms with Gasteiger partial charge in [0.15, 0.2) is 0 Å². The van der Waals surface area contributed by atoms with Gasteiger partial charge in [-0.25, -0.2) is 0 Å². The van der Waals surface area contributed by atoms with Gasteiger partial charge in [-0.3, -0.25) is 4.90 Å². The number of hydrogen-bond donors (Lipinski definition) is 0. The van der Waals surface area contributed by atoms with E-state index in [0.29, 0.717) is 6.04 Å². The molecule has 0 radical (unpaired) electrons. The van der Waals surface area contributed by atoms with Crippen molar-refractivity contribution in [3.63, 3.8) is 0 Å². The fourth-order valence-corrected chi connectivity index (χ4v) is 4.38. The zero-order chi connectivity index (χ0) is 14.5. The SMILES string of the molecule is CC(c1csnn1)N1CCCN(CC2CCCCC2)CC1. The van der Waals surface area contributed by atoms with Crippen molar-refractivity contribution in [3.8, 4) is 0 Å². The predicted octanol–water partition coefficient (Wildman–Crippen LogP) is 3.19. The second kappa shape index (κ2) is 7.65. The van der Waals surface area contributed by atoms with Crippen LogP contribution in [-0.4, -0.2) is 52.1 Å². The zero-order valence-electron chi connectivity index (χ0n) is 13.2. The molecule has 2 heterocycles. The summed E-state index contributed by atoms with van der Waals surface area (Å²) >= 11 is 1.46. The van der Waals surface area contributed by atoms with Gasteiger partial charge in [-0.2, -0.15) is 0 Å². The Morgan fingerprint density at radius 2 is 2.00 bits per heavy atom. The second-order valence-corrected chi connectivity index (χ2v) is 7.31. The third-order valence-corrected chi connectivity index (χ3v) is 5.74. The highest BCUT2D eigenvalue weighted by Crippen LogP contribution is 2.25. The van der Waals surface area contributed by atoms with Crippen LogP contribution in [0.3, 0.4) is 0 Å². The van der Waals surface area contributed by atoms with Crippen LogP contribution in [0.4, 0.5) is 0 Å². The first-order valence-electron chi connectivity index (χ1n) is 8.56. The lowest BCUT2D eigenvalue weighted by Crippen LogP contribution is -2.35. The molecule has 1 atom stereocenters. The molecule has 0 bridgehead atoms. The smallest absolute Gasteiger partial charge is 0.0924 e. The molecular formula is C16H28N4S. The van der Waals surface area contributed by atoms with Crippen LogP contribution in [0, 0.1) is 5.92 Å². The lowest BCUT2D eigenvalue weighted by Gasteiger charge is -2.29. The monoisotopic (exact) mass is 308 g/mol. The molecule has 0 amide bonds. The molecule has 21 heavy (non-hydrogen) atoms. The number of nitrogens with zero attached hydrogens (tertiary/aromatic N) is 4. The average Bonchev–Trinajstić information content (AvgIpc) is 2.95. The van der Waals surface area contributed by atoms with E-state index in [1.54, 1.807) is 0 Å². The van der Waals surface area contributed by atoms with Crippen LogP contribution in [0.15, 0.2) is 5.38 Å². The largest absolute Gasteiger partial charge is 0.302 e. The van der Waals surface area contributed by atoms with Gasteiger partial charge in [0.2, 0.25) is 0 Å². The summed E-state index contributed by atoms with van der Waals surface area (Å²) < 4.78 is 4.01. The second-order valence-electron chi connectivity index (χ2n) is 6.70. The third kappa shape index (κ3) is 4.24. The Kier molecular flexibility index (Phi) is 5.61. The summed E-state index contributed by atoms with van der Waals surface area (Å²) in [5.74, 6) is 0.963. The van der Waals surface area contributed by atoms with Crippen molar-refractivity contribution in [1.29, 1.82) is 0 Å². The Hall–Kier alpha value is -0.520. The van der Waals surface area contributed by atoms with Gasteiger partial charge in [0.1, 0.15) is 0 Å². The summed E-state index contributed by atoms with van der Waals surface area (Å²) in [6, 6.07) is 0.415. The normalized spacial score (nSPS) is 24.8. The molecule has 3 rings (SSSR count). The minimum atomic E-state index is 0.415. The Balaban J connectivity index is 1.49. The van der Waals surface area contributed by atoms with E-state index in [1.165, 1.54) is 82.8 Å². The van der Waals surface area contributed by atoms with Crippen LogP contribution in [0.1, 0.15) is 57.2 Å². The fourth-order valence-electron chi connectivity index (χ4n) is 3.84. The predicted molar refractivity (Wildman–Crippen MR) is 87.5 cm³/mol. The first kappa shape index (κ1) is 15.4. The highest BCUT2D eigenvalue weighted by molar-refractivity contribution is 7.03. The molecular weight excluding hydrogens is 280 g/mol. The average molecular weight is 308 g/mol. The molecule has 1 aliphatic carbocycles. The van der Waals surface area contributed by atoms with E-state index >= 15 is 0 Å². The van der Waals surface area contributed by atoms with Crippen molar-refractivity contribution in [1.82, 2.24) is 19.4 Å². The molecule has 1 saturated heterocycles. The van der Waals surface area contributed by atoms with Gasteiger partial charge in [0.25, 0.3) is 0 Å². The number of aromatic nitrogens is 2. The van der Waals surface area contributed by atoms with Gasteiger partial charge < -0.3 is 4.90 Å². The summed E-state index contributed by atoms with van der Waals surface area (Å²) in [4.78, 5) is 5.29. The van der Waals surface area contributed by atoms with E-state index in [1.807, 2.05) is 0 Å². The zero-order valence-corrected chi connectivity index (χ0v) is 14.0. The minimum absolute atomic E-state index is 0.415. The van der Waals surface area contributed by atoms with E-state index in [9.17, 15) is 0 Å². The summed E-state index contributed by atoms with van der Waals surface area (Å²) in [7, 11) is 0. The van der Waals surface area contributed by atoms with Crippen molar-refractivity contribution in [2.45, 2.75) is 51.5 Å². The third-order valence-electron chi connectivity index (χ3n) is 5.22. The van der Waals surface area contributed by atoms with Crippen molar-refractivity contribution >= 4 is 11.5 Å². The van der Waals surface area contributed by atoms with Gasteiger partial charge in [-0.05, 0) is 50.2 Å². The highest BCUT2D eigenvalue weighted by Gasteiger charge is 2.23. The highest BCUT2D eigenvalue weighted by atomic mass is 32.1. The van der Waals surface area contributed by atoms with Crippen LogP contribution in [-0.2, 0) is 0 Å². The van der Waals surface area contributed by atoms with Gasteiger partial charge in [-0.15, -0.1) is 5.10 Å². The minimum Gasteiger partial charge on any atom is -0.302 e. The Labute approximate surface area is 132 Å². The molecule has 2 fully saturated rings. The molecule has 5 heteroatoms. The molecule has 1 aliphatic heterocycles. The summed E-state index contributed by atoms with van der Waals surface area (Å²) in [6.07, 6.45) is 8.58. The number of rotatable bonds is 4. The molecule has 2 aliphatic rings. The Morgan fingerprint density at radius 1 is 1.14 bits per heavy atom. The van der Waals surface area contributed by atoms with Crippen LogP contribution in [0.5, 0.6) is 0 Å². The van der Waals surface area contributed by atoms with E-state index in [-0.39, 0.29) is 0 Å². The fraction of sp³-hybridized carbons (Fsp3) is 0.875. The molecule has 4 nitrogen and oxygen atoms in total. The summed E-state index contributed by atoms with van der Waals surface area (Å²) in [6.45, 7) is 8.47. The molecule has 1 aromatic rings. The maximum Gasteiger partial charge on any atom is 0.0924 e. The Morgan fingerprint density at radius 3 is 2.76 bits per heavy atom. The molecule has 1 saturated carbocycles. The van der Waals surface area contributed by atoms with Gasteiger partial charge in [-0.1, -0.05) is 23.8 Å². The first-order valence-corrected chi connectivity index (χ1v) is 9.40. The first-order chi connectivity index (χ1) is 10.3. The van der Waals surface area contributed by atoms with E-state index < -0.39 is 0 Å². The van der Waals surface area contributed by atoms with Crippen LogP contribution in [0.2, 0.25) is 0 Å². The lowest BCUT2D eigenvalue weighted by atomic mass is 9.89. The molecule has 1 unspecified atom stereocenters. The molecule has 0 aromatic carbocycles. The van der Waals surface area contributed by atoms with Crippen molar-refractivity contribution in [2.75, 3.05) is 32.7 Å². The van der Waals surface area contributed by atoms with Gasteiger partial charge >= 0.3 is 0 Å². The van der Waals surface area contributed by atoms with Crippen molar-refractivity contribution in [3.05, 3.63) is 11.1 Å². The van der Waals surface area contributed by atoms with Crippen LogP contribution < -0.4 is 0 Å². The maximum absolute atomic E-state index is 4.25. The molecule has 0 N–H and O–H groups in total. The van der Waals surface area contributed by atoms with Gasteiger partial charge in [0.05, 0.1) is 11.7 Å². The van der Waals surface area contributed by atoms with E-state index in [4.69, 9.17) is 0 Å². The topological polar surface area (TPSA) is 32.3 Å². The molecule has 118 valence electrons. The summed E-state index contributed by atoms with van der Waals surface area (Å²) in [5, 5.41) is 6.34. The Bertz CT molecular complexity index is 402. The van der Waals surface area contributed by atoms with Crippen LogP contribution >= 0.6 is 11.5 Å². The molecule has 1 aromatic heterocycles. The van der Waals surface area contributed by atoms with Gasteiger partial charge in [0, 0.05) is 31.6 Å². The van der Waals surface area contributed by atoms with E-state index in [0.717, 1.165) is 11.6 Å². The van der Waals surface area contributed by atoms with Crippen molar-refractivity contribution in [2.24, 2.45) is 5.92 Å². The maximum atomic E-state index is 4.25. The molecule has 0 spiro atoms. The standard InChI is InChI=1S/C16H28N4S/c1-14(16-13-21-18-17-16)20-9-5-8-19(10-11-20)12-15-6-3-2-4-7-15/h13-15H,2-12H2,1H3. The summed E-state index contributed by atoms with van der Waals surface area (Å²) in [5.41, 5.74) is 1.14. The van der Waals surface area contributed by atoms with E-state index in [2.05, 4.69) is 31.7 Å². The lowest BCUT2D eigenvalue weighted by molar-refractivity contribution is 0.186. The quantitative estimate of drug-likeness (QED) is 0.855. The number of hydrogen-bond acceptors (Lipinski definition) is 5. The van der Waals surface area contributed by atoms with Crippen molar-refractivity contribution < 1.29 is 0 Å². The van der Waals surface area contributed by atoms with Crippen LogP contribution in [0.25, 0.3) is 0 Å².